The molecule has 33 heavy (non-hydrogen) atoms. The number of benzene rings is 3. The second-order valence-electron chi connectivity index (χ2n) is 7.29. The van der Waals surface area contributed by atoms with Gasteiger partial charge in [-0.15, -0.1) is 0 Å². The number of rotatable bonds is 6. The maximum absolute atomic E-state index is 13.0. The molecule has 166 valence electrons. The lowest BCUT2D eigenvalue weighted by molar-refractivity contribution is -0.120. The van der Waals surface area contributed by atoms with Crippen LogP contribution in [0.5, 0.6) is 0 Å². The summed E-state index contributed by atoms with van der Waals surface area (Å²) in [4.78, 5) is 39.3. The predicted molar refractivity (Wildman–Crippen MR) is 131 cm³/mol. The first-order chi connectivity index (χ1) is 15.9. The number of nitrogens with zero attached hydrogens (tertiary/aromatic N) is 1. The normalized spacial score (nSPS) is 13.5. The molecule has 0 saturated carbocycles. The average molecular weight is 480 g/mol. The standard InChI is InChI=1S/C25H19Cl2N3O3/c1-2-15-7-3-4-12-20(15)29-23(31)16-8-5-10-18(13-16)28-22-21(27)24(32)30(25(22)33)19-11-6-9-17(26)14-19/h3-14,28H,2H2,1H3,(H,29,31). The summed E-state index contributed by atoms with van der Waals surface area (Å²) in [5.74, 6) is -1.57. The summed E-state index contributed by atoms with van der Waals surface area (Å²) < 4.78 is 0. The Labute approximate surface area is 200 Å². The highest BCUT2D eigenvalue weighted by Crippen LogP contribution is 2.31. The number of hydrogen-bond donors (Lipinski definition) is 2. The second-order valence-corrected chi connectivity index (χ2v) is 8.10. The van der Waals surface area contributed by atoms with Gasteiger partial charge in [0.1, 0.15) is 10.7 Å². The van der Waals surface area contributed by atoms with Crippen LogP contribution < -0.4 is 15.5 Å². The topological polar surface area (TPSA) is 78.5 Å². The van der Waals surface area contributed by atoms with Crippen molar-refractivity contribution in [3.8, 4) is 0 Å². The van der Waals surface area contributed by atoms with Gasteiger partial charge in [-0.2, -0.15) is 0 Å². The molecule has 0 bridgehead atoms. The molecule has 3 amide bonds. The molecule has 0 radical (unpaired) electrons. The van der Waals surface area contributed by atoms with Gasteiger partial charge in [-0.1, -0.05) is 60.5 Å². The summed E-state index contributed by atoms with van der Waals surface area (Å²) in [5, 5.41) is 5.94. The van der Waals surface area contributed by atoms with Crippen molar-refractivity contribution in [1.82, 2.24) is 0 Å². The van der Waals surface area contributed by atoms with Crippen LogP contribution in [-0.4, -0.2) is 17.7 Å². The molecule has 1 aliphatic heterocycles. The number of hydrogen-bond acceptors (Lipinski definition) is 4. The average Bonchev–Trinajstić information content (AvgIpc) is 3.02. The summed E-state index contributed by atoms with van der Waals surface area (Å²) in [6, 6.07) is 20.5. The van der Waals surface area contributed by atoms with E-state index < -0.39 is 11.8 Å². The molecular formula is C25H19Cl2N3O3. The van der Waals surface area contributed by atoms with Crippen LogP contribution in [0, 0.1) is 0 Å². The molecule has 0 unspecified atom stereocenters. The smallest absolute Gasteiger partial charge is 0.283 e. The third-order valence-corrected chi connectivity index (χ3v) is 5.72. The minimum atomic E-state index is -0.656. The van der Waals surface area contributed by atoms with Crippen LogP contribution in [0.2, 0.25) is 5.02 Å². The monoisotopic (exact) mass is 479 g/mol. The van der Waals surface area contributed by atoms with Crippen LogP contribution in [0.3, 0.4) is 0 Å². The van der Waals surface area contributed by atoms with Crippen LogP contribution >= 0.6 is 23.2 Å². The summed E-state index contributed by atoms with van der Waals surface area (Å²) in [7, 11) is 0. The summed E-state index contributed by atoms with van der Waals surface area (Å²) >= 11 is 12.2. The largest absolute Gasteiger partial charge is 0.350 e. The molecule has 0 atom stereocenters. The van der Waals surface area contributed by atoms with E-state index in [-0.39, 0.29) is 16.6 Å². The molecular weight excluding hydrogens is 461 g/mol. The van der Waals surface area contributed by atoms with E-state index in [9.17, 15) is 14.4 Å². The molecule has 1 aliphatic rings. The van der Waals surface area contributed by atoms with Gasteiger partial charge >= 0.3 is 0 Å². The fourth-order valence-corrected chi connectivity index (χ4v) is 3.89. The Kier molecular flexibility index (Phi) is 6.49. The van der Waals surface area contributed by atoms with Crippen LogP contribution in [0.1, 0.15) is 22.8 Å². The summed E-state index contributed by atoms with van der Waals surface area (Å²) in [6.45, 7) is 2.01. The van der Waals surface area contributed by atoms with Gasteiger partial charge in [0.2, 0.25) is 0 Å². The van der Waals surface area contributed by atoms with E-state index >= 15 is 0 Å². The van der Waals surface area contributed by atoms with Gasteiger partial charge in [0.05, 0.1) is 5.69 Å². The van der Waals surface area contributed by atoms with E-state index in [4.69, 9.17) is 23.2 Å². The number of amides is 3. The molecule has 0 aromatic heterocycles. The zero-order valence-corrected chi connectivity index (χ0v) is 19.1. The number of carbonyl (C=O) groups excluding carboxylic acids is 3. The van der Waals surface area contributed by atoms with Gasteiger partial charge in [-0.3, -0.25) is 14.4 Å². The van der Waals surface area contributed by atoms with E-state index in [1.807, 2.05) is 31.2 Å². The molecule has 6 nitrogen and oxygen atoms in total. The fraction of sp³-hybridized carbons (Fsp3) is 0.0800. The molecule has 4 rings (SSSR count). The van der Waals surface area contributed by atoms with Crippen molar-refractivity contribution in [1.29, 1.82) is 0 Å². The number of anilines is 3. The van der Waals surface area contributed by atoms with Crippen molar-refractivity contribution >= 4 is 58.0 Å². The molecule has 3 aromatic carbocycles. The van der Waals surface area contributed by atoms with Crippen molar-refractivity contribution in [2.75, 3.05) is 15.5 Å². The van der Waals surface area contributed by atoms with Crippen molar-refractivity contribution in [2.24, 2.45) is 0 Å². The highest BCUT2D eigenvalue weighted by atomic mass is 35.5. The van der Waals surface area contributed by atoms with E-state index in [2.05, 4.69) is 10.6 Å². The first kappa shape index (κ1) is 22.6. The SMILES string of the molecule is CCc1ccccc1NC(=O)c1cccc(NC2=C(Cl)C(=O)N(c3cccc(Cl)c3)C2=O)c1. The van der Waals surface area contributed by atoms with Gasteiger partial charge in [0.25, 0.3) is 17.7 Å². The third-order valence-electron chi connectivity index (χ3n) is 5.13. The molecule has 0 fully saturated rings. The third kappa shape index (κ3) is 4.62. The Morgan fingerprint density at radius 3 is 2.42 bits per heavy atom. The number of aryl methyl sites for hydroxylation is 1. The van der Waals surface area contributed by atoms with E-state index in [1.165, 1.54) is 6.07 Å². The van der Waals surface area contributed by atoms with Crippen molar-refractivity contribution in [2.45, 2.75) is 13.3 Å². The molecule has 1 heterocycles. The van der Waals surface area contributed by atoms with Crippen LogP contribution in [-0.2, 0) is 16.0 Å². The lowest BCUT2D eigenvalue weighted by atomic mass is 10.1. The number of nitrogens with one attached hydrogen (secondary N) is 2. The predicted octanol–water partition coefficient (Wildman–Crippen LogP) is 5.59. The number of para-hydroxylation sites is 1. The first-order valence-corrected chi connectivity index (χ1v) is 10.9. The molecule has 0 aliphatic carbocycles. The lowest BCUT2D eigenvalue weighted by Gasteiger charge is -2.15. The maximum atomic E-state index is 13.0. The van der Waals surface area contributed by atoms with Gasteiger partial charge in [-0.05, 0) is 54.4 Å². The molecule has 8 heteroatoms. The van der Waals surface area contributed by atoms with Crippen LogP contribution in [0.4, 0.5) is 17.1 Å². The Morgan fingerprint density at radius 1 is 0.909 bits per heavy atom. The van der Waals surface area contributed by atoms with Crippen molar-refractivity contribution in [3.63, 3.8) is 0 Å². The van der Waals surface area contributed by atoms with Crippen molar-refractivity contribution < 1.29 is 14.4 Å². The van der Waals surface area contributed by atoms with E-state index in [0.29, 0.717) is 22.0 Å². The first-order valence-electron chi connectivity index (χ1n) is 10.2. The van der Waals surface area contributed by atoms with Crippen molar-refractivity contribution in [3.05, 3.63) is 99.7 Å². The molecule has 0 spiro atoms. The summed E-state index contributed by atoms with van der Waals surface area (Å²) in [6.07, 6.45) is 0.782. The molecule has 0 saturated heterocycles. The van der Waals surface area contributed by atoms with E-state index in [0.717, 1.165) is 22.6 Å². The van der Waals surface area contributed by atoms with Crippen LogP contribution in [0.25, 0.3) is 0 Å². The Hall–Kier alpha value is -3.61. The second kappa shape index (κ2) is 9.48. The lowest BCUT2D eigenvalue weighted by Crippen LogP contribution is -2.32. The molecule has 3 aromatic rings. The molecule has 2 N–H and O–H groups in total. The zero-order chi connectivity index (χ0) is 23.5. The van der Waals surface area contributed by atoms with Gasteiger partial charge in [0.15, 0.2) is 0 Å². The van der Waals surface area contributed by atoms with Gasteiger partial charge in [0, 0.05) is 22.0 Å². The Balaban J connectivity index is 1.55. The number of imide groups is 1. The highest BCUT2D eigenvalue weighted by Gasteiger charge is 2.39. The number of halogens is 2. The number of carbonyl (C=O) groups is 3. The minimum Gasteiger partial charge on any atom is -0.350 e. The quantitative estimate of drug-likeness (QED) is 0.451. The fourth-order valence-electron chi connectivity index (χ4n) is 3.49. The minimum absolute atomic E-state index is 0.0736. The highest BCUT2D eigenvalue weighted by molar-refractivity contribution is 6.53. The Bertz CT molecular complexity index is 1300. The summed E-state index contributed by atoms with van der Waals surface area (Å²) in [5.41, 5.74) is 2.82. The van der Waals surface area contributed by atoms with Gasteiger partial charge in [-0.25, -0.2) is 4.90 Å². The van der Waals surface area contributed by atoms with Gasteiger partial charge < -0.3 is 10.6 Å². The van der Waals surface area contributed by atoms with Crippen LogP contribution in [0.15, 0.2) is 83.5 Å². The zero-order valence-electron chi connectivity index (χ0n) is 17.6. The van der Waals surface area contributed by atoms with E-state index in [1.54, 1.807) is 42.5 Å². The Morgan fingerprint density at radius 2 is 1.67 bits per heavy atom. The maximum Gasteiger partial charge on any atom is 0.283 e.